The molecule has 5 nitrogen and oxygen atoms in total. The molecule has 1 aromatic heterocycles. The number of rotatable bonds is 4. The molecule has 1 heterocycles. The van der Waals surface area contributed by atoms with E-state index in [2.05, 4.69) is 15.3 Å². The fourth-order valence-electron chi connectivity index (χ4n) is 0.981. The average Bonchev–Trinajstić information content (AvgIpc) is 2.12. The van der Waals surface area contributed by atoms with E-state index < -0.39 is 5.82 Å². The predicted molar refractivity (Wildman–Crippen MR) is 51.2 cm³/mol. The summed E-state index contributed by atoms with van der Waals surface area (Å²) in [6, 6.07) is -0.0659. The van der Waals surface area contributed by atoms with Gasteiger partial charge in [0, 0.05) is 12.6 Å². The maximum absolute atomic E-state index is 13.1. The SMILES string of the molecule is CC(CCO)Nc1nc(N)ncc1F. The average molecular weight is 200 g/mol. The van der Waals surface area contributed by atoms with Gasteiger partial charge in [0.15, 0.2) is 11.6 Å². The second-order valence-electron chi connectivity index (χ2n) is 2.98. The molecule has 0 saturated heterocycles. The van der Waals surface area contributed by atoms with Gasteiger partial charge in [0.2, 0.25) is 5.95 Å². The Morgan fingerprint density at radius 2 is 2.43 bits per heavy atom. The highest BCUT2D eigenvalue weighted by molar-refractivity contribution is 5.39. The zero-order valence-electron chi connectivity index (χ0n) is 7.87. The van der Waals surface area contributed by atoms with Gasteiger partial charge in [-0.2, -0.15) is 4.98 Å². The first-order chi connectivity index (χ1) is 6.63. The Hall–Kier alpha value is -1.43. The van der Waals surface area contributed by atoms with Crippen LogP contribution < -0.4 is 11.1 Å². The van der Waals surface area contributed by atoms with E-state index in [4.69, 9.17) is 10.8 Å². The molecule has 6 heteroatoms. The number of hydrogen-bond donors (Lipinski definition) is 3. The second kappa shape index (κ2) is 4.71. The third kappa shape index (κ3) is 2.81. The Balaban J connectivity index is 2.70. The Labute approximate surface area is 81.2 Å². The lowest BCUT2D eigenvalue weighted by Gasteiger charge is -2.13. The van der Waals surface area contributed by atoms with Crippen LogP contribution in [0.4, 0.5) is 16.2 Å². The summed E-state index contributed by atoms with van der Waals surface area (Å²) in [6.07, 6.45) is 1.53. The molecule has 0 saturated carbocycles. The monoisotopic (exact) mass is 200 g/mol. The van der Waals surface area contributed by atoms with E-state index in [0.29, 0.717) is 6.42 Å². The highest BCUT2D eigenvalue weighted by atomic mass is 19.1. The molecule has 1 unspecified atom stereocenters. The zero-order chi connectivity index (χ0) is 10.6. The molecule has 1 atom stereocenters. The number of nitrogens with one attached hydrogen (secondary N) is 1. The number of nitrogens with two attached hydrogens (primary N) is 1. The predicted octanol–water partition coefficient (Wildman–Crippen LogP) is 0.381. The second-order valence-corrected chi connectivity index (χ2v) is 2.98. The van der Waals surface area contributed by atoms with Crippen LogP contribution in [0.1, 0.15) is 13.3 Å². The van der Waals surface area contributed by atoms with E-state index in [0.717, 1.165) is 6.20 Å². The van der Waals surface area contributed by atoms with Crippen molar-refractivity contribution in [3.8, 4) is 0 Å². The quantitative estimate of drug-likeness (QED) is 0.654. The van der Waals surface area contributed by atoms with Gasteiger partial charge in [-0.25, -0.2) is 9.37 Å². The van der Waals surface area contributed by atoms with Gasteiger partial charge in [0.25, 0.3) is 0 Å². The third-order valence-corrected chi connectivity index (χ3v) is 1.71. The molecule has 0 aliphatic heterocycles. The minimum atomic E-state index is -0.552. The van der Waals surface area contributed by atoms with Gasteiger partial charge in [0.1, 0.15) is 0 Å². The van der Waals surface area contributed by atoms with E-state index in [-0.39, 0.29) is 24.4 Å². The fraction of sp³-hybridized carbons (Fsp3) is 0.500. The molecule has 1 aromatic rings. The Kier molecular flexibility index (Phi) is 3.58. The van der Waals surface area contributed by atoms with Crippen LogP contribution in [-0.4, -0.2) is 27.7 Å². The van der Waals surface area contributed by atoms with Gasteiger partial charge in [-0.15, -0.1) is 0 Å². The van der Waals surface area contributed by atoms with Gasteiger partial charge in [-0.1, -0.05) is 0 Å². The molecule has 0 aliphatic carbocycles. The maximum atomic E-state index is 13.1. The number of hydrogen-bond acceptors (Lipinski definition) is 5. The summed E-state index contributed by atoms with van der Waals surface area (Å²) in [4.78, 5) is 7.19. The molecule has 0 bridgehead atoms. The summed E-state index contributed by atoms with van der Waals surface area (Å²) < 4.78 is 13.1. The lowest BCUT2D eigenvalue weighted by atomic mass is 10.2. The molecule has 0 radical (unpaired) electrons. The molecule has 0 fully saturated rings. The van der Waals surface area contributed by atoms with Gasteiger partial charge >= 0.3 is 0 Å². The van der Waals surface area contributed by atoms with Crippen molar-refractivity contribution in [2.45, 2.75) is 19.4 Å². The Morgan fingerprint density at radius 3 is 3.07 bits per heavy atom. The van der Waals surface area contributed by atoms with Crippen molar-refractivity contribution in [3.63, 3.8) is 0 Å². The van der Waals surface area contributed by atoms with Crippen LogP contribution in [0.25, 0.3) is 0 Å². The van der Waals surface area contributed by atoms with E-state index in [1.807, 2.05) is 6.92 Å². The number of halogens is 1. The zero-order valence-corrected chi connectivity index (χ0v) is 7.87. The first-order valence-electron chi connectivity index (χ1n) is 4.29. The van der Waals surface area contributed by atoms with Crippen LogP contribution >= 0.6 is 0 Å². The van der Waals surface area contributed by atoms with E-state index in [1.54, 1.807) is 0 Å². The van der Waals surface area contributed by atoms with Crippen molar-refractivity contribution in [1.82, 2.24) is 9.97 Å². The Morgan fingerprint density at radius 1 is 1.71 bits per heavy atom. The summed E-state index contributed by atoms with van der Waals surface area (Å²) in [7, 11) is 0. The molecule has 4 N–H and O–H groups in total. The summed E-state index contributed by atoms with van der Waals surface area (Å²) >= 11 is 0. The van der Waals surface area contributed by atoms with Crippen LogP contribution in [0.15, 0.2) is 6.20 Å². The summed E-state index contributed by atoms with van der Waals surface area (Å²) in [5.74, 6) is -0.465. The molecule has 0 aliphatic rings. The maximum Gasteiger partial charge on any atom is 0.222 e. The van der Waals surface area contributed by atoms with E-state index in [9.17, 15) is 4.39 Å². The van der Waals surface area contributed by atoms with Crippen molar-refractivity contribution in [2.75, 3.05) is 17.7 Å². The van der Waals surface area contributed by atoms with Gasteiger partial charge in [0.05, 0.1) is 6.20 Å². The standard InChI is InChI=1S/C8H13FN4O/c1-5(2-3-14)12-7-6(9)4-11-8(10)13-7/h4-5,14H,2-3H2,1H3,(H3,10,11,12,13). The van der Waals surface area contributed by atoms with E-state index in [1.165, 1.54) is 0 Å². The highest BCUT2D eigenvalue weighted by Crippen LogP contribution is 2.11. The molecule has 0 amide bonds. The normalized spacial score (nSPS) is 12.5. The van der Waals surface area contributed by atoms with Crippen molar-refractivity contribution in [1.29, 1.82) is 0 Å². The molecular formula is C8H13FN4O. The third-order valence-electron chi connectivity index (χ3n) is 1.71. The number of nitrogens with zero attached hydrogens (tertiary/aromatic N) is 2. The number of nitrogen functional groups attached to an aromatic ring is 1. The number of aliphatic hydroxyl groups excluding tert-OH is 1. The molecule has 0 spiro atoms. The lowest BCUT2D eigenvalue weighted by Crippen LogP contribution is -2.19. The summed E-state index contributed by atoms with van der Waals surface area (Å²) in [6.45, 7) is 1.85. The largest absolute Gasteiger partial charge is 0.396 e. The van der Waals surface area contributed by atoms with Crippen LogP contribution in [0.3, 0.4) is 0 Å². The number of anilines is 2. The van der Waals surface area contributed by atoms with Gasteiger partial charge in [-0.05, 0) is 13.3 Å². The van der Waals surface area contributed by atoms with Crippen molar-refractivity contribution in [3.05, 3.63) is 12.0 Å². The van der Waals surface area contributed by atoms with Crippen molar-refractivity contribution in [2.24, 2.45) is 0 Å². The topological polar surface area (TPSA) is 84.1 Å². The minimum absolute atomic E-state index is 0.0186. The molecule has 1 rings (SSSR count). The Bertz CT molecular complexity index is 307. The summed E-state index contributed by atoms with van der Waals surface area (Å²) in [5, 5.41) is 11.4. The first-order valence-corrected chi connectivity index (χ1v) is 4.29. The summed E-state index contributed by atoms with van der Waals surface area (Å²) in [5.41, 5.74) is 5.30. The first kappa shape index (κ1) is 10.6. The van der Waals surface area contributed by atoms with Crippen LogP contribution in [0.2, 0.25) is 0 Å². The molecular weight excluding hydrogens is 187 g/mol. The molecule has 14 heavy (non-hydrogen) atoms. The number of aromatic nitrogens is 2. The van der Waals surface area contributed by atoms with Gasteiger partial charge in [-0.3, -0.25) is 0 Å². The molecule has 0 aromatic carbocycles. The fourth-order valence-corrected chi connectivity index (χ4v) is 0.981. The van der Waals surface area contributed by atoms with E-state index >= 15 is 0 Å². The van der Waals surface area contributed by atoms with Crippen LogP contribution in [-0.2, 0) is 0 Å². The van der Waals surface area contributed by atoms with Crippen molar-refractivity contribution >= 4 is 11.8 Å². The van der Waals surface area contributed by atoms with Crippen molar-refractivity contribution < 1.29 is 9.50 Å². The van der Waals surface area contributed by atoms with Crippen LogP contribution in [0.5, 0.6) is 0 Å². The molecule has 78 valence electrons. The lowest BCUT2D eigenvalue weighted by molar-refractivity contribution is 0.282. The highest BCUT2D eigenvalue weighted by Gasteiger charge is 2.08. The van der Waals surface area contributed by atoms with Crippen LogP contribution in [0, 0.1) is 5.82 Å². The number of aliphatic hydroxyl groups is 1. The van der Waals surface area contributed by atoms with Gasteiger partial charge < -0.3 is 16.2 Å². The minimum Gasteiger partial charge on any atom is -0.396 e. The smallest absolute Gasteiger partial charge is 0.222 e.